The Kier molecular flexibility index (Phi) is 5.40. The summed E-state index contributed by atoms with van der Waals surface area (Å²) in [4.78, 5) is 11.3. The largest absolute Gasteiger partial charge is 0.460 e. The van der Waals surface area contributed by atoms with Crippen molar-refractivity contribution in [3.63, 3.8) is 0 Å². The van der Waals surface area contributed by atoms with Crippen LogP contribution in [0, 0.1) is 5.92 Å². The number of rotatable bonds is 4. The zero-order valence-electron chi connectivity index (χ0n) is 9.57. The maximum absolute atomic E-state index is 11.3. The minimum atomic E-state index is -0.226. The van der Waals surface area contributed by atoms with Crippen LogP contribution in [-0.2, 0) is 14.3 Å². The van der Waals surface area contributed by atoms with Crippen LogP contribution in [-0.4, -0.2) is 25.3 Å². The van der Waals surface area contributed by atoms with Crippen molar-refractivity contribution < 1.29 is 14.3 Å². The van der Waals surface area contributed by atoms with Crippen LogP contribution in [0.3, 0.4) is 0 Å². The molecule has 1 unspecified atom stereocenters. The quantitative estimate of drug-likeness (QED) is 0.530. The molecule has 0 saturated carbocycles. The van der Waals surface area contributed by atoms with Crippen molar-refractivity contribution >= 4 is 5.97 Å². The minimum absolute atomic E-state index is 0.0110. The van der Waals surface area contributed by atoms with Crippen LogP contribution in [0.1, 0.15) is 33.1 Å². The molecule has 3 nitrogen and oxygen atoms in total. The number of carbonyl (C=O) groups is 1. The Hall–Kier alpha value is -0.830. The normalized spacial score (nSPS) is 20.4. The molecular weight excluding hydrogens is 192 g/mol. The molecule has 0 aromatic heterocycles. The molecule has 1 aliphatic rings. The Morgan fingerprint density at radius 2 is 2.20 bits per heavy atom. The third-order valence-corrected chi connectivity index (χ3v) is 2.66. The Morgan fingerprint density at radius 3 is 2.80 bits per heavy atom. The smallest absolute Gasteiger partial charge is 0.330 e. The molecule has 1 aliphatic heterocycles. The van der Waals surface area contributed by atoms with E-state index in [1.54, 1.807) is 6.08 Å². The standard InChI is InChI=1S/C12H20O3/c1-3-10(2)15-12(13)5-4-11-6-8-14-9-7-11/h4-5,10-11H,3,6-9H2,1-2H3. The highest BCUT2D eigenvalue weighted by Crippen LogP contribution is 2.15. The fourth-order valence-electron chi connectivity index (χ4n) is 1.44. The molecule has 0 aromatic carbocycles. The van der Waals surface area contributed by atoms with E-state index in [9.17, 15) is 4.79 Å². The molecule has 0 N–H and O–H groups in total. The van der Waals surface area contributed by atoms with Gasteiger partial charge in [-0.2, -0.15) is 0 Å². The highest BCUT2D eigenvalue weighted by Gasteiger charge is 2.11. The Morgan fingerprint density at radius 1 is 1.53 bits per heavy atom. The Balaban J connectivity index is 2.26. The molecule has 0 radical (unpaired) electrons. The molecule has 1 rings (SSSR count). The molecule has 86 valence electrons. The first-order valence-electron chi connectivity index (χ1n) is 5.69. The first-order chi connectivity index (χ1) is 7.22. The topological polar surface area (TPSA) is 35.5 Å². The lowest BCUT2D eigenvalue weighted by molar-refractivity contribution is -0.142. The van der Waals surface area contributed by atoms with Crippen LogP contribution in [0.25, 0.3) is 0 Å². The molecule has 0 aliphatic carbocycles. The predicted molar refractivity (Wildman–Crippen MR) is 58.5 cm³/mol. The third-order valence-electron chi connectivity index (χ3n) is 2.66. The van der Waals surface area contributed by atoms with Gasteiger partial charge in [-0.25, -0.2) is 4.79 Å². The lowest BCUT2D eigenvalue weighted by Crippen LogP contribution is -2.15. The van der Waals surface area contributed by atoms with E-state index in [0.717, 1.165) is 32.5 Å². The zero-order valence-corrected chi connectivity index (χ0v) is 9.57. The number of ether oxygens (including phenoxy) is 2. The zero-order chi connectivity index (χ0) is 11.1. The second-order valence-electron chi connectivity index (χ2n) is 3.96. The summed E-state index contributed by atoms with van der Waals surface area (Å²) in [6.45, 7) is 5.51. The van der Waals surface area contributed by atoms with Gasteiger partial charge in [0.1, 0.15) is 0 Å². The van der Waals surface area contributed by atoms with Gasteiger partial charge in [-0.05, 0) is 32.1 Å². The fraction of sp³-hybridized carbons (Fsp3) is 0.750. The number of esters is 1. The van der Waals surface area contributed by atoms with E-state index in [1.807, 2.05) is 19.9 Å². The SMILES string of the molecule is CCC(C)OC(=O)C=CC1CCOCC1. The van der Waals surface area contributed by atoms with Gasteiger partial charge in [0, 0.05) is 19.3 Å². The molecule has 1 saturated heterocycles. The fourth-order valence-corrected chi connectivity index (χ4v) is 1.44. The molecule has 1 fully saturated rings. The van der Waals surface area contributed by atoms with Crippen LogP contribution in [0.4, 0.5) is 0 Å². The summed E-state index contributed by atoms with van der Waals surface area (Å²) in [7, 11) is 0. The van der Waals surface area contributed by atoms with Gasteiger partial charge in [-0.3, -0.25) is 0 Å². The predicted octanol–water partition coefficient (Wildman–Crippen LogP) is 2.31. The number of allylic oxidation sites excluding steroid dienone is 1. The number of carbonyl (C=O) groups excluding carboxylic acids is 1. The third kappa shape index (κ3) is 4.98. The maximum Gasteiger partial charge on any atom is 0.330 e. The first kappa shape index (κ1) is 12.2. The second kappa shape index (κ2) is 6.62. The highest BCUT2D eigenvalue weighted by molar-refractivity contribution is 5.82. The van der Waals surface area contributed by atoms with Crippen molar-refractivity contribution in [2.75, 3.05) is 13.2 Å². The molecule has 0 aromatic rings. The highest BCUT2D eigenvalue weighted by atomic mass is 16.5. The summed E-state index contributed by atoms with van der Waals surface area (Å²) in [5.41, 5.74) is 0. The van der Waals surface area contributed by atoms with E-state index in [1.165, 1.54) is 0 Å². The summed E-state index contributed by atoms with van der Waals surface area (Å²) in [6.07, 6.45) is 6.39. The van der Waals surface area contributed by atoms with Crippen molar-refractivity contribution in [2.24, 2.45) is 5.92 Å². The molecular formula is C12H20O3. The van der Waals surface area contributed by atoms with Gasteiger partial charge in [-0.1, -0.05) is 13.0 Å². The lowest BCUT2D eigenvalue weighted by Gasteiger charge is -2.18. The number of hydrogen-bond acceptors (Lipinski definition) is 3. The van der Waals surface area contributed by atoms with E-state index in [4.69, 9.17) is 9.47 Å². The molecule has 1 heterocycles. The van der Waals surface area contributed by atoms with Crippen LogP contribution < -0.4 is 0 Å². The average Bonchev–Trinajstić information content (AvgIpc) is 2.27. The van der Waals surface area contributed by atoms with Gasteiger partial charge >= 0.3 is 5.97 Å². The summed E-state index contributed by atoms with van der Waals surface area (Å²) in [6, 6.07) is 0. The monoisotopic (exact) mass is 212 g/mol. The summed E-state index contributed by atoms with van der Waals surface area (Å²) >= 11 is 0. The second-order valence-corrected chi connectivity index (χ2v) is 3.96. The molecule has 1 atom stereocenters. The van der Waals surface area contributed by atoms with Crippen molar-refractivity contribution in [1.82, 2.24) is 0 Å². The van der Waals surface area contributed by atoms with Gasteiger partial charge in [0.2, 0.25) is 0 Å². The lowest BCUT2D eigenvalue weighted by atomic mass is 10.00. The molecule has 0 bridgehead atoms. The molecule has 15 heavy (non-hydrogen) atoms. The van der Waals surface area contributed by atoms with Crippen LogP contribution >= 0.6 is 0 Å². The van der Waals surface area contributed by atoms with E-state index >= 15 is 0 Å². The van der Waals surface area contributed by atoms with E-state index < -0.39 is 0 Å². The first-order valence-corrected chi connectivity index (χ1v) is 5.69. The van der Waals surface area contributed by atoms with Gasteiger partial charge in [0.05, 0.1) is 6.10 Å². The minimum Gasteiger partial charge on any atom is -0.460 e. The van der Waals surface area contributed by atoms with E-state index in [2.05, 4.69) is 0 Å². The van der Waals surface area contributed by atoms with Crippen LogP contribution in [0.2, 0.25) is 0 Å². The van der Waals surface area contributed by atoms with Crippen molar-refractivity contribution in [1.29, 1.82) is 0 Å². The van der Waals surface area contributed by atoms with Crippen molar-refractivity contribution in [2.45, 2.75) is 39.2 Å². The summed E-state index contributed by atoms with van der Waals surface area (Å²) in [5.74, 6) is 0.249. The van der Waals surface area contributed by atoms with Crippen LogP contribution in [0.5, 0.6) is 0 Å². The summed E-state index contributed by atoms with van der Waals surface area (Å²) < 4.78 is 10.4. The van der Waals surface area contributed by atoms with Crippen molar-refractivity contribution in [3.05, 3.63) is 12.2 Å². The van der Waals surface area contributed by atoms with Gasteiger partial charge in [0.25, 0.3) is 0 Å². The van der Waals surface area contributed by atoms with E-state index in [0.29, 0.717) is 5.92 Å². The summed E-state index contributed by atoms with van der Waals surface area (Å²) in [5, 5.41) is 0. The molecule has 0 amide bonds. The van der Waals surface area contributed by atoms with E-state index in [-0.39, 0.29) is 12.1 Å². The Labute approximate surface area is 91.4 Å². The Bertz CT molecular complexity index is 217. The van der Waals surface area contributed by atoms with Gasteiger partial charge < -0.3 is 9.47 Å². The molecule has 3 heteroatoms. The molecule has 0 spiro atoms. The average molecular weight is 212 g/mol. The van der Waals surface area contributed by atoms with Gasteiger partial charge in [0.15, 0.2) is 0 Å². The van der Waals surface area contributed by atoms with Gasteiger partial charge in [-0.15, -0.1) is 0 Å². The van der Waals surface area contributed by atoms with Crippen LogP contribution in [0.15, 0.2) is 12.2 Å². The number of hydrogen-bond donors (Lipinski definition) is 0. The van der Waals surface area contributed by atoms with Crippen molar-refractivity contribution in [3.8, 4) is 0 Å². The maximum atomic E-state index is 11.3.